The molecule has 0 aliphatic carbocycles. The van der Waals surface area contributed by atoms with Gasteiger partial charge in [0.15, 0.2) is 0 Å². The number of aryl methyl sites for hydroxylation is 1. The maximum Gasteiger partial charge on any atom is 0.302 e. The van der Waals surface area contributed by atoms with E-state index >= 15 is 0 Å². The average Bonchev–Trinajstić information content (AvgIpc) is 2.63. The van der Waals surface area contributed by atoms with Gasteiger partial charge in [0, 0.05) is 19.3 Å². The molecule has 0 aliphatic rings. The molecule has 90 valence electrons. The fraction of sp³-hybridized carbons (Fsp3) is 0.400. The minimum absolute atomic E-state index is 0.203. The number of hydrogen-bond donors (Lipinski definition) is 1. The molecule has 2 rings (SSSR count). The zero-order valence-electron chi connectivity index (χ0n) is 9.46. The molecule has 0 aromatic carbocycles. The number of carbonyl (C=O) groups excluding carboxylic acids is 1. The van der Waals surface area contributed by atoms with Crippen LogP contribution in [0.3, 0.4) is 0 Å². The Morgan fingerprint density at radius 3 is 3.18 bits per heavy atom. The summed E-state index contributed by atoms with van der Waals surface area (Å²) in [7, 11) is 0. The van der Waals surface area contributed by atoms with Gasteiger partial charge in [0.1, 0.15) is 0 Å². The predicted octanol–water partition coefficient (Wildman–Crippen LogP) is 0.202. The molecule has 2 N–H and O–H groups in total. The molecule has 0 radical (unpaired) electrons. The second-order valence-corrected chi connectivity index (χ2v) is 3.62. The molecule has 0 saturated carbocycles. The lowest BCUT2D eigenvalue weighted by Gasteiger charge is -2.02. The largest absolute Gasteiger partial charge is 0.466 e. The van der Waals surface area contributed by atoms with E-state index in [4.69, 9.17) is 10.5 Å². The summed E-state index contributed by atoms with van der Waals surface area (Å²) < 4.78 is 6.38. The molecule has 2 aromatic heterocycles. The van der Waals surface area contributed by atoms with Crippen molar-refractivity contribution in [1.82, 2.24) is 19.6 Å². The Hall–Kier alpha value is -2.18. The molecule has 0 amide bonds. The van der Waals surface area contributed by atoms with Crippen LogP contribution in [0.5, 0.6) is 0 Å². The van der Waals surface area contributed by atoms with Crippen molar-refractivity contribution in [2.24, 2.45) is 0 Å². The van der Waals surface area contributed by atoms with Crippen molar-refractivity contribution in [2.75, 3.05) is 12.3 Å². The van der Waals surface area contributed by atoms with E-state index in [0.717, 1.165) is 18.4 Å². The Morgan fingerprint density at radius 2 is 2.41 bits per heavy atom. The van der Waals surface area contributed by atoms with E-state index in [0.29, 0.717) is 12.4 Å². The van der Waals surface area contributed by atoms with Crippen LogP contribution in [0.25, 0.3) is 5.78 Å². The molecule has 2 heterocycles. The molecule has 17 heavy (non-hydrogen) atoms. The van der Waals surface area contributed by atoms with E-state index in [1.165, 1.54) is 11.4 Å². The first-order valence-electron chi connectivity index (χ1n) is 5.25. The van der Waals surface area contributed by atoms with Crippen molar-refractivity contribution in [3.05, 3.63) is 18.0 Å². The van der Waals surface area contributed by atoms with Gasteiger partial charge in [-0.1, -0.05) is 0 Å². The SMILES string of the molecule is CC(=O)OCCCc1cnc2nc(N)nn2c1. The highest BCUT2D eigenvalue weighted by atomic mass is 16.5. The third-order valence-electron chi connectivity index (χ3n) is 2.18. The number of nitrogens with zero attached hydrogens (tertiary/aromatic N) is 4. The second-order valence-electron chi connectivity index (χ2n) is 3.62. The summed E-state index contributed by atoms with van der Waals surface area (Å²) in [6, 6.07) is 0. The van der Waals surface area contributed by atoms with Gasteiger partial charge in [0.25, 0.3) is 5.78 Å². The van der Waals surface area contributed by atoms with Crippen LogP contribution in [0, 0.1) is 0 Å². The van der Waals surface area contributed by atoms with Crippen LogP contribution in [0.1, 0.15) is 18.9 Å². The molecule has 7 heteroatoms. The number of carbonyl (C=O) groups is 1. The van der Waals surface area contributed by atoms with Gasteiger partial charge in [0.05, 0.1) is 6.61 Å². The van der Waals surface area contributed by atoms with Crippen LogP contribution in [-0.2, 0) is 16.0 Å². The van der Waals surface area contributed by atoms with E-state index in [1.807, 2.05) is 6.20 Å². The van der Waals surface area contributed by atoms with Crippen LogP contribution in [0.2, 0.25) is 0 Å². The number of nitrogens with two attached hydrogens (primary N) is 1. The van der Waals surface area contributed by atoms with Crippen molar-refractivity contribution in [3.8, 4) is 0 Å². The Kier molecular flexibility index (Phi) is 3.17. The van der Waals surface area contributed by atoms with E-state index in [2.05, 4.69) is 15.1 Å². The fourth-order valence-corrected chi connectivity index (χ4v) is 1.46. The molecule has 0 fully saturated rings. The molecule has 0 atom stereocenters. The number of anilines is 1. The Morgan fingerprint density at radius 1 is 1.59 bits per heavy atom. The second kappa shape index (κ2) is 4.77. The van der Waals surface area contributed by atoms with Crippen molar-refractivity contribution in [3.63, 3.8) is 0 Å². The highest BCUT2D eigenvalue weighted by molar-refractivity contribution is 5.65. The molecule has 0 aliphatic heterocycles. The van der Waals surface area contributed by atoms with Crippen LogP contribution < -0.4 is 5.73 Å². The van der Waals surface area contributed by atoms with E-state index < -0.39 is 0 Å². The average molecular weight is 235 g/mol. The Balaban J connectivity index is 1.96. The summed E-state index contributed by atoms with van der Waals surface area (Å²) in [4.78, 5) is 18.6. The van der Waals surface area contributed by atoms with Gasteiger partial charge in [0.2, 0.25) is 5.95 Å². The number of esters is 1. The number of nitrogen functional groups attached to an aromatic ring is 1. The Bertz CT molecular complexity index is 536. The molecule has 0 saturated heterocycles. The van der Waals surface area contributed by atoms with Crippen LogP contribution >= 0.6 is 0 Å². The van der Waals surface area contributed by atoms with Gasteiger partial charge < -0.3 is 10.5 Å². The van der Waals surface area contributed by atoms with Crippen molar-refractivity contribution < 1.29 is 9.53 Å². The molecule has 7 nitrogen and oxygen atoms in total. The maximum absolute atomic E-state index is 10.6. The van der Waals surface area contributed by atoms with Gasteiger partial charge in [-0.2, -0.15) is 4.98 Å². The Labute approximate surface area is 97.6 Å². The number of ether oxygens (including phenoxy) is 1. The first kappa shape index (κ1) is 11.3. The monoisotopic (exact) mass is 235 g/mol. The summed E-state index contributed by atoms with van der Waals surface area (Å²) in [5.74, 6) is 0.420. The standard InChI is InChI=1S/C10H13N5O2/c1-7(16)17-4-2-3-8-5-12-10-13-9(11)14-15(10)6-8/h5-6H,2-4H2,1H3,(H2,11,14). The summed E-state index contributed by atoms with van der Waals surface area (Å²) in [6.07, 6.45) is 5.05. The summed E-state index contributed by atoms with van der Waals surface area (Å²) in [6.45, 7) is 1.80. The van der Waals surface area contributed by atoms with Gasteiger partial charge in [-0.15, -0.1) is 5.10 Å². The number of hydrogen-bond acceptors (Lipinski definition) is 6. The third kappa shape index (κ3) is 2.90. The minimum Gasteiger partial charge on any atom is -0.466 e. The zero-order chi connectivity index (χ0) is 12.3. The molecular weight excluding hydrogens is 222 g/mol. The van der Waals surface area contributed by atoms with Crippen molar-refractivity contribution in [2.45, 2.75) is 19.8 Å². The highest BCUT2D eigenvalue weighted by Crippen LogP contribution is 2.04. The number of rotatable bonds is 4. The van der Waals surface area contributed by atoms with Gasteiger partial charge in [-0.25, -0.2) is 9.50 Å². The van der Waals surface area contributed by atoms with Crippen LogP contribution in [0.4, 0.5) is 5.95 Å². The van der Waals surface area contributed by atoms with Crippen molar-refractivity contribution >= 4 is 17.7 Å². The minimum atomic E-state index is -0.261. The summed E-state index contributed by atoms with van der Waals surface area (Å²) >= 11 is 0. The van der Waals surface area contributed by atoms with Crippen LogP contribution in [0.15, 0.2) is 12.4 Å². The normalized spacial score (nSPS) is 10.6. The van der Waals surface area contributed by atoms with Crippen molar-refractivity contribution in [1.29, 1.82) is 0 Å². The topological polar surface area (TPSA) is 95.4 Å². The number of aromatic nitrogens is 4. The molecular formula is C10H13N5O2. The smallest absolute Gasteiger partial charge is 0.302 e. The lowest BCUT2D eigenvalue weighted by Crippen LogP contribution is -2.02. The molecule has 2 aromatic rings. The number of fused-ring (bicyclic) bond motifs is 1. The van der Waals surface area contributed by atoms with Crippen LogP contribution in [-0.4, -0.2) is 32.2 Å². The van der Waals surface area contributed by atoms with Gasteiger partial charge in [-0.3, -0.25) is 4.79 Å². The molecule has 0 bridgehead atoms. The van der Waals surface area contributed by atoms with Gasteiger partial charge in [-0.05, 0) is 18.4 Å². The predicted molar refractivity (Wildman–Crippen MR) is 60.1 cm³/mol. The van der Waals surface area contributed by atoms with E-state index in [1.54, 1.807) is 6.20 Å². The van der Waals surface area contributed by atoms with E-state index in [-0.39, 0.29) is 11.9 Å². The fourth-order valence-electron chi connectivity index (χ4n) is 1.46. The zero-order valence-corrected chi connectivity index (χ0v) is 9.46. The quantitative estimate of drug-likeness (QED) is 0.601. The first-order valence-corrected chi connectivity index (χ1v) is 5.25. The maximum atomic E-state index is 10.6. The van der Waals surface area contributed by atoms with Gasteiger partial charge >= 0.3 is 5.97 Å². The molecule has 0 unspecified atom stereocenters. The lowest BCUT2D eigenvalue weighted by atomic mass is 10.2. The summed E-state index contributed by atoms with van der Waals surface area (Å²) in [5, 5.41) is 3.97. The lowest BCUT2D eigenvalue weighted by molar-refractivity contribution is -0.141. The third-order valence-corrected chi connectivity index (χ3v) is 2.18. The first-order chi connectivity index (χ1) is 8.15. The molecule has 0 spiro atoms. The highest BCUT2D eigenvalue weighted by Gasteiger charge is 2.02. The van der Waals surface area contributed by atoms with E-state index in [9.17, 15) is 4.79 Å². The summed E-state index contributed by atoms with van der Waals surface area (Å²) in [5.41, 5.74) is 6.45.